The molecule has 0 atom stereocenters. The third-order valence-electron chi connectivity index (χ3n) is 4.93. The van der Waals surface area contributed by atoms with Crippen molar-refractivity contribution in [3.63, 3.8) is 0 Å². The van der Waals surface area contributed by atoms with E-state index >= 15 is 0 Å². The van der Waals surface area contributed by atoms with Crippen molar-refractivity contribution in [2.45, 2.75) is 13.0 Å². The van der Waals surface area contributed by atoms with E-state index in [1.807, 2.05) is 6.07 Å². The minimum absolute atomic E-state index is 0.106. The molecule has 0 fully saturated rings. The first-order valence-electron chi connectivity index (χ1n) is 9.59. The van der Waals surface area contributed by atoms with Crippen molar-refractivity contribution in [1.82, 2.24) is 4.90 Å². The average molecular weight is 474 g/mol. The molecule has 0 unspecified atom stereocenters. The van der Waals surface area contributed by atoms with Gasteiger partial charge in [0, 0.05) is 19.6 Å². The molecule has 0 N–H and O–H groups in total. The van der Waals surface area contributed by atoms with Gasteiger partial charge in [-0.3, -0.25) is 4.90 Å². The summed E-state index contributed by atoms with van der Waals surface area (Å²) in [5, 5.41) is 0. The van der Waals surface area contributed by atoms with E-state index < -0.39 is 11.9 Å². The van der Waals surface area contributed by atoms with Gasteiger partial charge in [0.25, 0.3) is 0 Å². The van der Waals surface area contributed by atoms with Gasteiger partial charge in [0.2, 0.25) is 0 Å². The van der Waals surface area contributed by atoms with Crippen LogP contribution in [-0.4, -0.2) is 50.8 Å². The number of rotatable bonds is 7. The Morgan fingerprint density at radius 1 is 1.03 bits per heavy atom. The Labute approximate surface area is 184 Å². The first kappa shape index (κ1) is 22.1. The predicted molar refractivity (Wildman–Crippen MR) is 117 cm³/mol. The molecular weight excluding hydrogens is 450 g/mol. The summed E-state index contributed by atoms with van der Waals surface area (Å²) in [6, 6.07) is 13.4. The second-order valence-corrected chi connectivity index (χ2v) is 7.79. The second kappa shape index (κ2) is 10.4. The molecule has 0 bridgehead atoms. The van der Waals surface area contributed by atoms with Gasteiger partial charge in [0.1, 0.15) is 12.4 Å². The Morgan fingerprint density at radius 3 is 2.30 bits per heavy atom. The Morgan fingerprint density at radius 2 is 1.70 bits per heavy atom. The Hall–Kier alpha value is -2.64. The van der Waals surface area contributed by atoms with Crippen LogP contribution < -0.4 is 4.74 Å². The zero-order valence-corrected chi connectivity index (χ0v) is 18.6. The lowest BCUT2D eigenvalue weighted by atomic mass is 10.1. The molecule has 1 aliphatic heterocycles. The van der Waals surface area contributed by atoms with Crippen molar-refractivity contribution in [2.75, 3.05) is 33.9 Å². The molecule has 30 heavy (non-hydrogen) atoms. The molecule has 0 saturated heterocycles. The van der Waals surface area contributed by atoms with E-state index in [0.717, 1.165) is 26.1 Å². The number of hydrogen-bond donors (Lipinski definition) is 0. The van der Waals surface area contributed by atoms with Crippen LogP contribution >= 0.6 is 15.9 Å². The van der Waals surface area contributed by atoms with E-state index in [1.54, 1.807) is 0 Å². The first-order chi connectivity index (χ1) is 14.5. The number of esters is 2. The molecule has 1 heterocycles. The van der Waals surface area contributed by atoms with Crippen molar-refractivity contribution in [1.29, 1.82) is 0 Å². The maximum atomic E-state index is 12.1. The van der Waals surface area contributed by atoms with Crippen LogP contribution in [0.15, 0.2) is 58.6 Å². The fourth-order valence-electron chi connectivity index (χ4n) is 3.26. The summed E-state index contributed by atoms with van der Waals surface area (Å²) >= 11 is 3.41. The molecular formula is C23H24BrNO5. The van der Waals surface area contributed by atoms with E-state index in [2.05, 4.69) is 51.2 Å². The van der Waals surface area contributed by atoms with Gasteiger partial charge >= 0.3 is 11.9 Å². The number of nitrogens with zero attached hydrogens (tertiary/aromatic N) is 1. The second-order valence-electron chi connectivity index (χ2n) is 6.93. The maximum Gasteiger partial charge on any atom is 0.338 e. The van der Waals surface area contributed by atoms with Crippen LogP contribution in [0.4, 0.5) is 0 Å². The van der Waals surface area contributed by atoms with Gasteiger partial charge in [-0.25, -0.2) is 9.59 Å². The monoisotopic (exact) mass is 473 g/mol. The fourth-order valence-corrected chi connectivity index (χ4v) is 3.72. The topological polar surface area (TPSA) is 65.1 Å². The van der Waals surface area contributed by atoms with E-state index in [9.17, 15) is 9.59 Å². The molecule has 0 saturated carbocycles. The van der Waals surface area contributed by atoms with Crippen LogP contribution in [0, 0.1) is 0 Å². The largest absolute Gasteiger partial charge is 0.488 e. The summed E-state index contributed by atoms with van der Waals surface area (Å²) in [6.07, 6.45) is 3.10. The molecule has 0 spiro atoms. The highest BCUT2D eigenvalue weighted by Crippen LogP contribution is 2.30. The molecule has 0 aliphatic carbocycles. The van der Waals surface area contributed by atoms with Crippen molar-refractivity contribution < 1.29 is 23.8 Å². The SMILES string of the molecule is COC(=O)c1cc(Br)c(OCC2=CCN(Cc3ccccc3)CC2)cc1C(=O)OC. The van der Waals surface area contributed by atoms with Crippen LogP contribution in [0.1, 0.15) is 32.7 Å². The van der Waals surface area contributed by atoms with Gasteiger partial charge in [0.05, 0.1) is 29.8 Å². The van der Waals surface area contributed by atoms with Crippen LogP contribution in [0.2, 0.25) is 0 Å². The zero-order chi connectivity index (χ0) is 21.5. The standard InChI is InChI=1S/C23H24BrNO5/c1-28-22(26)18-12-20(24)21(13-19(18)23(27)29-2)30-15-17-8-10-25(11-9-17)14-16-6-4-3-5-7-16/h3-8,12-13H,9-11,14-15H2,1-2H3. The number of carbonyl (C=O) groups excluding carboxylic acids is 2. The van der Waals surface area contributed by atoms with Crippen molar-refractivity contribution in [3.05, 3.63) is 75.3 Å². The Kier molecular flexibility index (Phi) is 7.65. The molecule has 2 aromatic rings. The minimum Gasteiger partial charge on any atom is -0.488 e. The zero-order valence-electron chi connectivity index (χ0n) is 17.0. The number of hydrogen-bond acceptors (Lipinski definition) is 6. The summed E-state index contributed by atoms with van der Waals surface area (Å²) in [4.78, 5) is 26.5. The van der Waals surface area contributed by atoms with E-state index in [4.69, 9.17) is 14.2 Å². The molecule has 2 aromatic carbocycles. The third kappa shape index (κ3) is 5.49. The van der Waals surface area contributed by atoms with Crippen LogP contribution in [0.3, 0.4) is 0 Å². The Bertz CT molecular complexity index is 942. The fraction of sp³-hybridized carbons (Fsp3) is 0.304. The highest BCUT2D eigenvalue weighted by molar-refractivity contribution is 9.10. The van der Waals surface area contributed by atoms with Gasteiger partial charge in [-0.2, -0.15) is 0 Å². The molecule has 0 amide bonds. The van der Waals surface area contributed by atoms with Gasteiger partial charge in [-0.05, 0) is 45.6 Å². The van der Waals surface area contributed by atoms with E-state index in [-0.39, 0.29) is 11.1 Å². The highest BCUT2D eigenvalue weighted by atomic mass is 79.9. The van der Waals surface area contributed by atoms with E-state index in [1.165, 1.54) is 37.5 Å². The lowest BCUT2D eigenvalue weighted by Crippen LogP contribution is -2.29. The third-order valence-corrected chi connectivity index (χ3v) is 5.55. The van der Waals surface area contributed by atoms with Crippen molar-refractivity contribution >= 4 is 27.9 Å². The lowest BCUT2D eigenvalue weighted by molar-refractivity contribution is 0.0554. The van der Waals surface area contributed by atoms with Gasteiger partial charge < -0.3 is 14.2 Å². The molecule has 7 heteroatoms. The summed E-state index contributed by atoms with van der Waals surface area (Å²) < 4.78 is 16.0. The maximum absolute atomic E-state index is 12.1. The quantitative estimate of drug-likeness (QED) is 0.442. The molecule has 3 rings (SSSR count). The molecule has 0 aromatic heterocycles. The number of halogens is 1. The Balaban J connectivity index is 1.65. The number of benzene rings is 2. The van der Waals surface area contributed by atoms with Gasteiger partial charge in [0.15, 0.2) is 0 Å². The number of methoxy groups -OCH3 is 2. The predicted octanol–water partition coefficient (Wildman–Crippen LogP) is 4.23. The average Bonchev–Trinajstić information content (AvgIpc) is 2.78. The van der Waals surface area contributed by atoms with Gasteiger partial charge in [-0.1, -0.05) is 36.4 Å². The van der Waals surface area contributed by atoms with Crippen molar-refractivity contribution in [2.24, 2.45) is 0 Å². The highest BCUT2D eigenvalue weighted by Gasteiger charge is 2.22. The molecule has 158 valence electrons. The molecule has 1 aliphatic rings. The van der Waals surface area contributed by atoms with Crippen LogP contribution in [0.5, 0.6) is 5.75 Å². The summed E-state index contributed by atoms with van der Waals surface area (Å²) in [5.74, 6) is -0.770. The molecule has 0 radical (unpaired) electrons. The normalized spacial score (nSPS) is 14.0. The summed E-state index contributed by atoms with van der Waals surface area (Å²) in [5.41, 5.74) is 2.73. The lowest BCUT2D eigenvalue weighted by Gasteiger charge is -2.26. The van der Waals surface area contributed by atoms with Gasteiger partial charge in [-0.15, -0.1) is 0 Å². The summed E-state index contributed by atoms with van der Waals surface area (Å²) in [6.45, 7) is 3.16. The van der Waals surface area contributed by atoms with Crippen molar-refractivity contribution in [3.8, 4) is 5.75 Å². The van der Waals surface area contributed by atoms with E-state index in [0.29, 0.717) is 16.8 Å². The smallest absolute Gasteiger partial charge is 0.338 e. The number of ether oxygens (including phenoxy) is 3. The summed E-state index contributed by atoms with van der Waals surface area (Å²) in [7, 11) is 2.53. The minimum atomic E-state index is -0.624. The van der Waals surface area contributed by atoms with Crippen LogP contribution in [-0.2, 0) is 16.0 Å². The molecule has 6 nitrogen and oxygen atoms in total. The number of carbonyl (C=O) groups is 2. The van der Waals surface area contributed by atoms with Crippen LogP contribution in [0.25, 0.3) is 0 Å². The first-order valence-corrected chi connectivity index (χ1v) is 10.4.